The average Bonchev–Trinajstić information content (AvgIpc) is 2.61. The molecule has 0 aliphatic rings. The zero-order valence-electron chi connectivity index (χ0n) is 9.79. The summed E-state index contributed by atoms with van der Waals surface area (Å²) >= 11 is 1.70. The van der Waals surface area contributed by atoms with Gasteiger partial charge < -0.3 is 0 Å². The molecule has 0 saturated carbocycles. The van der Waals surface area contributed by atoms with Crippen molar-refractivity contribution in [3.63, 3.8) is 0 Å². The van der Waals surface area contributed by atoms with Gasteiger partial charge in [-0.3, -0.25) is 11.3 Å². The molecule has 3 nitrogen and oxygen atoms in total. The fourth-order valence-electron chi connectivity index (χ4n) is 1.81. The number of hydrogen-bond donors (Lipinski definition) is 2. The summed E-state index contributed by atoms with van der Waals surface area (Å²) in [7, 11) is 0. The van der Waals surface area contributed by atoms with Crippen LogP contribution in [0.15, 0.2) is 5.38 Å². The molecule has 3 N–H and O–H groups in total. The van der Waals surface area contributed by atoms with Gasteiger partial charge in [-0.1, -0.05) is 20.3 Å². The van der Waals surface area contributed by atoms with E-state index in [4.69, 9.17) is 5.84 Å². The molecule has 0 spiro atoms. The van der Waals surface area contributed by atoms with Gasteiger partial charge in [0.15, 0.2) is 0 Å². The molecule has 4 heteroatoms. The highest BCUT2D eigenvalue weighted by Crippen LogP contribution is 2.16. The van der Waals surface area contributed by atoms with Crippen LogP contribution in [0.5, 0.6) is 0 Å². The molecule has 0 radical (unpaired) electrons. The second kappa shape index (κ2) is 6.20. The number of rotatable bonds is 6. The van der Waals surface area contributed by atoms with Gasteiger partial charge in [-0.2, -0.15) is 0 Å². The Morgan fingerprint density at radius 2 is 2.33 bits per heavy atom. The summed E-state index contributed by atoms with van der Waals surface area (Å²) in [6, 6.07) is 0.339. The Hall–Kier alpha value is -0.450. The molecule has 1 aromatic heterocycles. The van der Waals surface area contributed by atoms with Crippen LogP contribution in [0.2, 0.25) is 0 Å². The van der Waals surface area contributed by atoms with Crippen molar-refractivity contribution in [2.75, 3.05) is 0 Å². The van der Waals surface area contributed by atoms with Gasteiger partial charge >= 0.3 is 0 Å². The van der Waals surface area contributed by atoms with Crippen molar-refractivity contribution in [2.45, 2.75) is 46.1 Å². The van der Waals surface area contributed by atoms with E-state index in [1.165, 1.54) is 12.8 Å². The molecule has 0 saturated heterocycles. The molecule has 0 amide bonds. The van der Waals surface area contributed by atoms with Gasteiger partial charge in [0.2, 0.25) is 0 Å². The second-order valence-corrected chi connectivity index (χ2v) is 5.16. The quantitative estimate of drug-likeness (QED) is 0.579. The maximum Gasteiger partial charge on any atom is 0.0897 e. The van der Waals surface area contributed by atoms with Gasteiger partial charge in [-0.15, -0.1) is 11.3 Å². The third kappa shape index (κ3) is 3.89. The Balaban J connectivity index is 2.53. The summed E-state index contributed by atoms with van der Waals surface area (Å²) in [4.78, 5) is 4.46. The van der Waals surface area contributed by atoms with Crippen molar-refractivity contribution >= 4 is 11.3 Å². The van der Waals surface area contributed by atoms with E-state index in [-0.39, 0.29) is 0 Å². The van der Waals surface area contributed by atoms with E-state index >= 15 is 0 Å². The van der Waals surface area contributed by atoms with Crippen LogP contribution in [-0.2, 0) is 6.42 Å². The van der Waals surface area contributed by atoms with Crippen molar-refractivity contribution in [1.82, 2.24) is 10.4 Å². The lowest BCUT2D eigenvalue weighted by molar-refractivity contribution is 0.355. The van der Waals surface area contributed by atoms with Crippen LogP contribution in [-0.4, -0.2) is 11.0 Å². The monoisotopic (exact) mass is 227 g/mol. The largest absolute Gasteiger partial charge is 0.271 e. The fraction of sp³-hybridized carbons (Fsp3) is 0.727. The van der Waals surface area contributed by atoms with Crippen molar-refractivity contribution in [1.29, 1.82) is 0 Å². The summed E-state index contributed by atoms with van der Waals surface area (Å²) in [6.45, 7) is 6.48. The Morgan fingerprint density at radius 1 is 1.60 bits per heavy atom. The van der Waals surface area contributed by atoms with Crippen LogP contribution in [0.25, 0.3) is 0 Å². The number of aryl methyl sites for hydroxylation is 1. The van der Waals surface area contributed by atoms with Crippen LogP contribution in [0.1, 0.15) is 37.4 Å². The van der Waals surface area contributed by atoms with Crippen molar-refractivity contribution in [3.8, 4) is 0 Å². The van der Waals surface area contributed by atoms with Gasteiger partial charge in [-0.05, 0) is 19.3 Å². The van der Waals surface area contributed by atoms with Crippen molar-refractivity contribution in [3.05, 3.63) is 16.1 Å². The van der Waals surface area contributed by atoms with Crippen LogP contribution < -0.4 is 11.3 Å². The lowest BCUT2D eigenvalue weighted by Crippen LogP contribution is -2.41. The van der Waals surface area contributed by atoms with Gasteiger partial charge in [0.1, 0.15) is 0 Å². The predicted molar refractivity (Wildman–Crippen MR) is 65.7 cm³/mol. The van der Waals surface area contributed by atoms with Crippen LogP contribution in [0.4, 0.5) is 0 Å². The minimum Gasteiger partial charge on any atom is -0.271 e. The van der Waals surface area contributed by atoms with E-state index in [0.717, 1.165) is 17.1 Å². The third-order valence-electron chi connectivity index (χ3n) is 2.74. The number of hydrogen-bond acceptors (Lipinski definition) is 4. The number of nitrogens with zero attached hydrogens (tertiary/aromatic N) is 1. The molecular weight excluding hydrogens is 206 g/mol. The fourth-order valence-corrected chi connectivity index (χ4v) is 2.43. The first-order valence-corrected chi connectivity index (χ1v) is 6.42. The minimum absolute atomic E-state index is 0.339. The first-order valence-electron chi connectivity index (χ1n) is 5.54. The van der Waals surface area contributed by atoms with Crippen molar-refractivity contribution in [2.24, 2.45) is 11.8 Å². The van der Waals surface area contributed by atoms with E-state index < -0.39 is 0 Å². The number of nitrogens with two attached hydrogens (primary N) is 1. The van der Waals surface area contributed by atoms with Crippen LogP contribution >= 0.6 is 11.3 Å². The highest BCUT2D eigenvalue weighted by Gasteiger charge is 2.16. The van der Waals surface area contributed by atoms with Crippen molar-refractivity contribution < 1.29 is 0 Å². The molecule has 15 heavy (non-hydrogen) atoms. The molecule has 1 heterocycles. The van der Waals surface area contributed by atoms with E-state index in [1.807, 2.05) is 6.92 Å². The maximum atomic E-state index is 5.58. The van der Waals surface area contributed by atoms with E-state index in [1.54, 1.807) is 11.3 Å². The molecule has 0 aliphatic carbocycles. The summed E-state index contributed by atoms with van der Waals surface area (Å²) in [5, 5.41) is 3.25. The minimum atomic E-state index is 0.339. The SMILES string of the molecule is CCCC(C)C(Cc1csc(C)n1)NN. The number of nitrogens with one attached hydrogen (secondary N) is 1. The lowest BCUT2D eigenvalue weighted by atomic mass is 9.94. The molecular formula is C11H21N3S. The maximum absolute atomic E-state index is 5.58. The molecule has 86 valence electrons. The number of thiazole rings is 1. The van der Waals surface area contributed by atoms with E-state index in [0.29, 0.717) is 12.0 Å². The Kier molecular flexibility index (Phi) is 5.22. The highest BCUT2D eigenvalue weighted by atomic mass is 32.1. The normalized spacial score (nSPS) is 15.2. The molecule has 1 aromatic rings. The van der Waals surface area contributed by atoms with Gasteiger partial charge in [0, 0.05) is 17.8 Å². The summed E-state index contributed by atoms with van der Waals surface area (Å²) in [5.41, 5.74) is 4.06. The van der Waals surface area contributed by atoms with Gasteiger partial charge in [-0.25, -0.2) is 4.98 Å². The van der Waals surface area contributed by atoms with Crippen LogP contribution in [0, 0.1) is 12.8 Å². The molecule has 2 atom stereocenters. The zero-order valence-corrected chi connectivity index (χ0v) is 10.6. The molecule has 2 unspecified atom stereocenters. The first kappa shape index (κ1) is 12.6. The van der Waals surface area contributed by atoms with E-state index in [2.05, 4.69) is 29.6 Å². The Labute approximate surface area is 96.1 Å². The van der Waals surface area contributed by atoms with Gasteiger partial charge in [0.25, 0.3) is 0 Å². The number of aromatic nitrogens is 1. The van der Waals surface area contributed by atoms with Gasteiger partial charge in [0.05, 0.1) is 10.7 Å². The Bertz CT molecular complexity index is 285. The van der Waals surface area contributed by atoms with Crippen LogP contribution in [0.3, 0.4) is 0 Å². The smallest absolute Gasteiger partial charge is 0.0897 e. The summed E-state index contributed by atoms with van der Waals surface area (Å²) in [5.74, 6) is 6.18. The van der Waals surface area contributed by atoms with E-state index in [9.17, 15) is 0 Å². The molecule has 0 bridgehead atoms. The average molecular weight is 227 g/mol. The molecule has 0 aromatic carbocycles. The first-order chi connectivity index (χ1) is 7.17. The third-order valence-corrected chi connectivity index (χ3v) is 3.56. The zero-order chi connectivity index (χ0) is 11.3. The summed E-state index contributed by atoms with van der Waals surface area (Å²) in [6.07, 6.45) is 3.34. The highest BCUT2D eigenvalue weighted by molar-refractivity contribution is 7.09. The Morgan fingerprint density at radius 3 is 2.80 bits per heavy atom. The molecule has 0 aliphatic heterocycles. The summed E-state index contributed by atoms with van der Waals surface area (Å²) < 4.78 is 0. The standard InChI is InChI=1S/C11H21N3S/c1-4-5-8(2)11(14-12)6-10-7-15-9(3)13-10/h7-8,11,14H,4-6,12H2,1-3H3. The topological polar surface area (TPSA) is 50.9 Å². The second-order valence-electron chi connectivity index (χ2n) is 4.10. The molecule has 1 rings (SSSR count). The molecule has 0 fully saturated rings. The number of hydrazine groups is 1. The lowest BCUT2D eigenvalue weighted by Gasteiger charge is -2.21. The predicted octanol–water partition coefficient (Wildman–Crippen LogP) is 2.26.